The molecular formula is C16H16N2O. The van der Waals surface area contributed by atoms with Crippen molar-refractivity contribution in [3.63, 3.8) is 0 Å². The molecule has 0 aromatic carbocycles. The molecule has 0 radical (unpaired) electrons. The first kappa shape index (κ1) is 12.0. The van der Waals surface area contributed by atoms with Crippen molar-refractivity contribution in [2.75, 3.05) is 0 Å². The first-order valence-corrected chi connectivity index (χ1v) is 6.59. The molecule has 3 rings (SSSR count). The van der Waals surface area contributed by atoms with Gasteiger partial charge < -0.3 is 4.79 Å². The maximum atomic E-state index is 11.4. The van der Waals surface area contributed by atoms with Crippen LogP contribution in [0.3, 0.4) is 0 Å². The normalized spacial score (nSPS) is 21.7. The van der Waals surface area contributed by atoms with E-state index in [1.165, 1.54) is 11.1 Å². The second kappa shape index (κ2) is 4.92. The van der Waals surface area contributed by atoms with Gasteiger partial charge in [-0.1, -0.05) is 0 Å². The van der Waals surface area contributed by atoms with Gasteiger partial charge in [-0.3, -0.25) is 9.97 Å². The zero-order chi connectivity index (χ0) is 13.2. The lowest BCUT2D eigenvalue weighted by atomic mass is 9.75. The molecule has 0 amide bonds. The summed E-state index contributed by atoms with van der Waals surface area (Å²) < 4.78 is 0. The van der Waals surface area contributed by atoms with Crippen molar-refractivity contribution in [1.29, 1.82) is 0 Å². The van der Waals surface area contributed by atoms with Crippen molar-refractivity contribution in [2.24, 2.45) is 0 Å². The molecule has 3 nitrogen and oxygen atoms in total. The first-order valence-electron chi connectivity index (χ1n) is 6.59. The Bertz CT molecular complexity index is 595. The standard InChI is InChI=1S/C16H16N2O/c1-11-2-7-18-15-9-13(8-14(10-19)16(11)15)12-3-5-17-6-4-12/h2-7,10,13-14H,8-9H2,1H3. The van der Waals surface area contributed by atoms with Crippen LogP contribution in [0, 0.1) is 6.92 Å². The highest BCUT2D eigenvalue weighted by Gasteiger charge is 2.29. The van der Waals surface area contributed by atoms with Gasteiger partial charge >= 0.3 is 0 Å². The second-order valence-electron chi connectivity index (χ2n) is 5.15. The molecule has 0 N–H and O–H groups in total. The van der Waals surface area contributed by atoms with E-state index < -0.39 is 0 Å². The van der Waals surface area contributed by atoms with Crippen molar-refractivity contribution in [1.82, 2.24) is 9.97 Å². The predicted molar refractivity (Wildman–Crippen MR) is 73.1 cm³/mol. The van der Waals surface area contributed by atoms with E-state index in [1.54, 1.807) is 0 Å². The third-order valence-electron chi connectivity index (χ3n) is 3.98. The third kappa shape index (κ3) is 2.16. The highest BCUT2D eigenvalue weighted by atomic mass is 16.1. The topological polar surface area (TPSA) is 42.9 Å². The molecule has 1 aliphatic carbocycles. The van der Waals surface area contributed by atoms with Gasteiger partial charge in [-0.15, -0.1) is 0 Å². The molecule has 19 heavy (non-hydrogen) atoms. The van der Waals surface area contributed by atoms with Gasteiger partial charge in [0.1, 0.15) is 6.29 Å². The molecule has 3 heteroatoms. The van der Waals surface area contributed by atoms with Crippen LogP contribution in [-0.2, 0) is 11.2 Å². The van der Waals surface area contributed by atoms with Crippen LogP contribution in [0.2, 0.25) is 0 Å². The van der Waals surface area contributed by atoms with Crippen LogP contribution in [0.15, 0.2) is 36.8 Å². The summed E-state index contributed by atoms with van der Waals surface area (Å²) in [4.78, 5) is 19.9. The van der Waals surface area contributed by atoms with Gasteiger partial charge in [0.2, 0.25) is 0 Å². The number of hydrogen-bond acceptors (Lipinski definition) is 3. The van der Waals surface area contributed by atoms with Crippen molar-refractivity contribution in [3.8, 4) is 0 Å². The summed E-state index contributed by atoms with van der Waals surface area (Å²) in [5, 5.41) is 0. The van der Waals surface area contributed by atoms with Crippen molar-refractivity contribution in [2.45, 2.75) is 31.6 Å². The summed E-state index contributed by atoms with van der Waals surface area (Å²) in [7, 11) is 0. The number of pyridine rings is 2. The van der Waals surface area contributed by atoms with Gasteiger partial charge in [0, 0.05) is 30.2 Å². The smallest absolute Gasteiger partial charge is 0.127 e. The van der Waals surface area contributed by atoms with Crippen molar-refractivity contribution < 1.29 is 4.79 Å². The van der Waals surface area contributed by atoms with E-state index >= 15 is 0 Å². The highest BCUT2D eigenvalue weighted by Crippen LogP contribution is 2.39. The Hall–Kier alpha value is -2.03. The Kier molecular flexibility index (Phi) is 3.11. The van der Waals surface area contributed by atoms with Gasteiger partial charge in [0.15, 0.2) is 0 Å². The quantitative estimate of drug-likeness (QED) is 0.772. The Morgan fingerprint density at radius 3 is 2.74 bits per heavy atom. The van der Waals surface area contributed by atoms with E-state index in [4.69, 9.17) is 0 Å². The monoisotopic (exact) mass is 252 g/mol. The molecule has 96 valence electrons. The minimum absolute atomic E-state index is 0.0318. The Labute approximate surface area is 112 Å². The zero-order valence-corrected chi connectivity index (χ0v) is 10.9. The fraction of sp³-hybridized carbons (Fsp3) is 0.312. The van der Waals surface area contributed by atoms with Crippen LogP contribution in [0.1, 0.15) is 40.6 Å². The molecule has 0 bridgehead atoms. The van der Waals surface area contributed by atoms with Crippen LogP contribution in [-0.4, -0.2) is 16.3 Å². The molecule has 2 aromatic rings. The van der Waals surface area contributed by atoms with E-state index in [1.807, 2.05) is 36.8 Å². The number of carbonyl (C=O) groups excluding carboxylic acids is 1. The largest absolute Gasteiger partial charge is 0.303 e. The number of carbonyl (C=O) groups is 1. The number of fused-ring (bicyclic) bond motifs is 1. The Morgan fingerprint density at radius 2 is 2.00 bits per heavy atom. The molecule has 0 fully saturated rings. The van der Waals surface area contributed by atoms with E-state index in [-0.39, 0.29) is 5.92 Å². The fourth-order valence-corrected chi connectivity index (χ4v) is 3.05. The maximum Gasteiger partial charge on any atom is 0.127 e. The summed E-state index contributed by atoms with van der Waals surface area (Å²) in [6.45, 7) is 2.06. The van der Waals surface area contributed by atoms with Crippen LogP contribution < -0.4 is 0 Å². The molecule has 0 spiro atoms. The van der Waals surface area contributed by atoms with Gasteiger partial charge in [-0.25, -0.2) is 0 Å². The number of aromatic nitrogens is 2. The molecule has 0 aliphatic heterocycles. The molecule has 1 aliphatic rings. The second-order valence-corrected chi connectivity index (χ2v) is 5.15. The summed E-state index contributed by atoms with van der Waals surface area (Å²) in [5.74, 6) is 0.329. The Balaban J connectivity index is 2.01. The van der Waals surface area contributed by atoms with Gasteiger partial charge in [-0.2, -0.15) is 0 Å². The van der Waals surface area contributed by atoms with Gasteiger partial charge in [0.05, 0.1) is 0 Å². The zero-order valence-electron chi connectivity index (χ0n) is 10.9. The fourth-order valence-electron chi connectivity index (χ4n) is 3.05. The lowest BCUT2D eigenvalue weighted by Gasteiger charge is -2.29. The van der Waals surface area contributed by atoms with Crippen LogP contribution in [0.5, 0.6) is 0 Å². The van der Waals surface area contributed by atoms with Crippen LogP contribution in [0.25, 0.3) is 0 Å². The number of aldehydes is 1. The summed E-state index contributed by atoms with van der Waals surface area (Å²) in [5.41, 5.74) is 4.64. The van der Waals surface area contributed by atoms with Gasteiger partial charge in [0.25, 0.3) is 0 Å². The molecule has 2 aromatic heterocycles. The predicted octanol–water partition coefficient (Wildman–Crippen LogP) is 2.80. The lowest BCUT2D eigenvalue weighted by Crippen LogP contribution is -2.20. The minimum Gasteiger partial charge on any atom is -0.303 e. The number of nitrogens with zero attached hydrogens (tertiary/aromatic N) is 2. The van der Waals surface area contributed by atoms with Crippen LogP contribution in [0.4, 0.5) is 0 Å². The highest BCUT2D eigenvalue weighted by molar-refractivity contribution is 5.65. The average molecular weight is 252 g/mol. The molecule has 2 unspecified atom stereocenters. The Morgan fingerprint density at radius 1 is 1.21 bits per heavy atom. The van der Waals surface area contributed by atoms with Crippen LogP contribution >= 0.6 is 0 Å². The van der Waals surface area contributed by atoms with Crippen molar-refractivity contribution >= 4 is 6.29 Å². The van der Waals surface area contributed by atoms with E-state index in [9.17, 15) is 4.79 Å². The average Bonchev–Trinajstić information content (AvgIpc) is 2.47. The third-order valence-corrected chi connectivity index (χ3v) is 3.98. The first-order chi connectivity index (χ1) is 9.29. The maximum absolute atomic E-state index is 11.4. The summed E-state index contributed by atoms with van der Waals surface area (Å²) in [6.07, 6.45) is 8.30. The summed E-state index contributed by atoms with van der Waals surface area (Å²) >= 11 is 0. The van der Waals surface area contributed by atoms with E-state index in [0.29, 0.717) is 5.92 Å². The SMILES string of the molecule is Cc1ccnc2c1C(C=O)CC(c1ccncc1)C2. The number of hydrogen-bond donors (Lipinski definition) is 0. The molecule has 0 saturated carbocycles. The summed E-state index contributed by atoms with van der Waals surface area (Å²) in [6, 6.07) is 6.06. The van der Waals surface area contributed by atoms with E-state index in [2.05, 4.69) is 16.9 Å². The molecule has 2 atom stereocenters. The molecule has 0 saturated heterocycles. The van der Waals surface area contributed by atoms with Crippen molar-refractivity contribution in [3.05, 3.63) is 59.2 Å². The number of aryl methyl sites for hydroxylation is 1. The number of rotatable bonds is 2. The lowest BCUT2D eigenvalue weighted by molar-refractivity contribution is -0.109. The molecular weight excluding hydrogens is 236 g/mol. The minimum atomic E-state index is -0.0318. The molecule has 2 heterocycles. The van der Waals surface area contributed by atoms with Gasteiger partial charge in [-0.05, 0) is 60.6 Å². The van der Waals surface area contributed by atoms with E-state index in [0.717, 1.165) is 30.4 Å².